The predicted molar refractivity (Wildman–Crippen MR) is 67.6 cm³/mol. The van der Waals surface area contributed by atoms with Crippen LogP contribution in [0.15, 0.2) is 18.2 Å². The summed E-state index contributed by atoms with van der Waals surface area (Å²) in [5, 5.41) is 11.3. The van der Waals surface area contributed by atoms with Gasteiger partial charge in [0, 0.05) is 5.56 Å². The Hall–Kier alpha value is -1.62. The molecule has 1 fully saturated rings. The average molecular weight is 286 g/mol. The molecule has 1 unspecified atom stereocenters. The van der Waals surface area contributed by atoms with E-state index < -0.39 is 23.7 Å². The Morgan fingerprint density at radius 1 is 1.47 bits per heavy atom. The number of carboxylic acid groups (broad SMARTS) is 1. The topological polar surface area (TPSA) is 66.4 Å². The van der Waals surface area contributed by atoms with E-state index in [4.69, 9.17) is 16.7 Å². The number of hydrogen-bond acceptors (Lipinski definition) is 2. The van der Waals surface area contributed by atoms with Gasteiger partial charge in [-0.3, -0.25) is 4.79 Å². The number of hydrogen-bond donors (Lipinski definition) is 2. The largest absolute Gasteiger partial charge is 0.480 e. The Balaban J connectivity index is 2.05. The molecule has 0 saturated heterocycles. The zero-order valence-electron chi connectivity index (χ0n) is 10.0. The van der Waals surface area contributed by atoms with E-state index in [2.05, 4.69) is 5.32 Å². The third-order valence-corrected chi connectivity index (χ3v) is 3.34. The van der Waals surface area contributed by atoms with Gasteiger partial charge in [0.1, 0.15) is 11.9 Å². The van der Waals surface area contributed by atoms with Crippen LogP contribution in [0.1, 0.15) is 29.6 Å². The first-order valence-electron chi connectivity index (χ1n) is 5.96. The minimum Gasteiger partial charge on any atom is -0.480 e. The van der Waals surface area contributed by atoms with Gasteiger partial charge < -0.3 is 10.4 Å². The molecule has 0 heterocycles. The minimum atomic E-state index is -1.06. The number of aliphatic carboxylic acids is 1. The summed E-state index contributed by atoms with van der Waals surface area (Å²) in [7, 11) is 0. The van der Waals surface area contributed by atoms with Gasteiger partial charge in [0.2, 0.25) is 0 Å². The summed E-state index contributed by atoms with van der Waals surface area (Å²) in [5.41, 5.74) is 0.147. The maximum Gasteiger partial charge on any atom is 0.326 e. The molecule has 1 aromatic carbocycles. The number of carboxylic acids is 1. The Morgan fingerprint density at radius 3 is 2.68 bits per heavy atom. The standard InChI is InChI=1S/C13H13ClFNO3/c14-9-6-8(3-4-10(9)15)12(17)16-11(13(18)19)5-7-1-2-7/h3-4,6-7,11H,1-2,5H2,(H,16,17)(H,18,19). The molecule has 19 heavy (non-hydrogen) atoms. The quantitative estimate of drug-likeness (QED) is 0.873. The smallest absolute Gasteiger partial charge is 0.326 e. The molecule has 2 N–H and O–H groups in total. The van der Waals surface area contributed by atoms with Crippen LogP contribution in [-0.4, -0.2) is 23.0 Å². The summed E-state index contributed by atoms with van der Waals surface area (Å²) in [6.45, 7) is 0. The van der Waals surface area contributed by atoms with Crippen molar-refractivity contribution in [2.45, 2.75) is 25.3 Å². The molecule has 2 rings (SSSR count). The highest BCUT2D eigenvalue weighted by Crippen LogP contribution is 2.33. The molecule has 102 valence electrons. The fraction of sp³-hybridized carbons (Fsp3) is 0.385. The summed E-state index contributed by atoms with van der Waals surface area (Å²) >= 11 is 5.58. The number of carbonyl (C=O) groups excluding carboxylic acids is 1. The van der Waals surface area contributed by atoms with Crippen molar-refractivity contribution in [2.75, 3.05) is 0 Å². The maximum absolute atomic E-state index is 13.0. The molecule has 1 amide bonds. The number of halogens is 2. The fourth-order valence-corrected chi connectivity index (χ4v) is 1.97. The van der Waals surface area contributed by atoms with Crippen molar-refractivity contribution in [2.24, 2.45) is 5.92 Å². The SMILES string of the molecule is O=C(NC(CC1CC1)C(=O)O)c1ccc(F)c(Cl)c1. The maximum atomic E-state index is 13.0. The second kappa shape index (κ2) is 5.57. The molecule has 1 saturated carbocycles. The molecule has 1 atom stereocenters. The van der Waals surface area contributed by atoms with Crippen LogP contribution in [0.3, 0.4) is 0 Å². The van der Waals surface area contributed by atoms with E-state index >= 15 is 0 Å². The van der Waals surface area contributed by atoms with E-state index in [1.807, 2.05) is 0 Å². The number of rotatable bonds is 5. The lowest BCUT2D eigenvalue weighted by atomic mass is 10.1. The van der Waals surface area contributed by atoms with Gasteiger partial charge in [0.15, 0.2) is 0 Å². The molecule has 1 aliphatic carbocycles. The van der Waals surface area contributed by atoms with Crippen LogP contribution in [-0.2, 0) is 4.79 Å². The third kappa shape index (κ3) is 3.67. The zero-order chi connectivity index (χ0) is 14.0. The molecular formula is C13H13ClFNO3. The van der Waals surface area contributed by atoms with Gasteiger partial charge in [-0.1, -0.05) is 24.4 Å². The molecule has 0 aliphatic heterocycles. The first-order valence-corrected chi connectivity index (χ1v) is 6.34. The number of carbonyl (C=O) groups is 2. The van der Waals surface area contributed by atoms with Crippen LogP contribution < -0.4 is 5.32 Å². The summed E-state index contributed by atoms with van der Waals surface area (Å²) in [6.07, 6.45) is 2.43. The Bertz CT molecular complexity index is 517. The lowest BCUT2D eigenvalue weighted by Crippen LogP contribution is -2.41. The molecular weight excluding hydrogens is 273 g/mol. The molecule has 0 bridgehead atoms. The second-order valence-electron chi connectivity index (χ2n) is 4.67. The summed E-state index contributed by atoms with van der Waals surface area (Å²) in [6, 6.07) is 2.62. The second-order valence-corrected chi connectivity index (χ2v) is 5.08. The van der Waals surface area contributed by atoms with Gasteiger partial charge >= 0.3 is 5.97 Å². The molecule has 6 heteroatoms. The van der Waals surface area contributed by atoms with Gasteiger partial charge in [0.05, 0.1) is 5.02 Å². The van der Waals surface area contributed by atoms with Crippen LogP contribution >= 0.6 is 11.6 Å². The minimum absolute atomic E-state index is 0.147. The lowest BCUT2D eigenvalue weighted by molar-refractivity contribution is -0.139. The Labute approximate surface area is 114 Å². The Kier molecular flexibility index (Phi) is 4.04. The van der Waals surface area contributed by atoms with Crippen molar-refractivity contribution in [3.05, 3.63) is 34.6 Å². The highest BCUT2D eigenvalue weighted by molar-refractivity contribution is 6.31. The third-order valence-electron chi connectivity index (χ3n) is 3.05. The highest BCUT2D eigenvalue weighted by atomic mass is 35.5. The van der Waals surface area contributed by atoms with E-state index in [0.29, 0.717) is 12.3 Å². The predicted octanol–water partition coefficient (Wildman–Crippen LogP) is 2.46. The van der Waals surface area contributed by atoms with Crippen LogP contribution in [0.2, 0.25) is 5.02 Å². The van der Waals surface area contributed by atoms with Crippen molar-refractivity contribution in [1.29, 1.82) is 0 Å². The average Bonchev–Trinajstić information content (AvgIpc) is 3.15. The van der Waals surface area contributed by atoms with Gasteiger partial charge in [-0.2, -0.15) is 0 Å². The van der Waals surface area contributed by atoms with Gasteiger partial charge in [-0.15, -0.1) is 0 Å². The Morgan fingerprint density at radius 2 is 2.16 bits per heavy atom. The fourth-order valence-electron chi connectivity index (χ4n) is 1.79. The van der Waals surface area contributed by atoms with Crippen LogP contribution in [0.5, 0.6) is 0 Å². The van der Waals surface area contributed by atoms with Crippen LogP contribution in [0.4, 0.5) is 4.39 Å². The summed E-state index contributed by atoms with van der Waals surface area (Å²) in [4.78, 5) is 22.9. The van der Waals surface area contributed by atoms with Crippen LogP contribution in [0.25, 0.3) is 0 Å². The molecule has 0 spiro atoms. The van der Waals surface area contributed by atoms with Crippen molar-refractivity contribution in [3.8, 4) is 0 Å². The molecule has 1 aliphatic rings. The normalized spacial score (nSPS) is 15.9. The van der Waals surface area contributed by atoms with Crippen molar-refractivity contribution in [1.82, 2.24) is 5.32 Å². The van der Waals surface area contributed by atoms with Crippen LogP contribution in [0, 0.1) is 11.7 Å². The number of benzene rings is 1. The summed E-state index contributed by atoms with van der Waals surface area (Å²) in [5.74, 6) is -1.87. The van der Waals surface area contributed by atoms with Gasteiger partial charge in [-0.05, 0) is 30.5 Å². The van der Waals surface area contributed by atoms with E-state index in [9.17, 15) is 14.0 Å². The van der Waals surface area contributed by atoms with Gasteiger partial charge in [-0.25, -0.2) is 9.18 Å². The van der Waals surface area contributed by atoms with Crippen molar-refractivity contribution in [3.63, 3.8) is 0 Å². The number of nitrogens with one attached hydrogen (secondary N) is 1. The van der Waals surface area contributed by atoms with E-state index in [-0.39, 0.29) is 10.6 Å². The van der Waals surface area contributed by atoms with Crippen molar-refractivity contribution >= 4 is 23.5 Å². The monoisotopic (exact) mass is 285 g/mol. The first kappa shape index (κ1) is 13.8. The molecule has 0 radical (unpaired) electrons. The van der Waals surface area contributed by atoms with E-state index in [1.165, 1.54) is 12.1 Å². The van der Waals surface area contributed by atoms with Gasteiger partial charge in [0.25, 0.3) is 5.91 Å². The highest BCUT2D eigenvalue weighted by Gasteiger charge is 2.30. The molecule has 1 aromatic rings. The van der Waals surface area contributed by atoms with Crippen molar-refractivity contribution < 1.29 is 19.1 Å². The molecule has 0 aromatic heterocycles. The first-order chi connectivity index (χ1) is 8.97. The molecule has 4 nitrogen and oxygen atoms in total. The zero-order valence-corrected chi connectivity index (χ0v) is 10.8. The van der Waals surface area contributed by atoms with E-state index in [1.54, 1.807) is 0 Å². The van der Waals surface area contributed by atoms with E-state index in [0.717, 1.165) is 18.9 Å². The number of amides is 1. The lowest BCUT2D eigenvalue weighted by Gasteiger charge is -2.14. The summed E-state index contributed by atoms with van der Waals surface area (Å²) < 4.78 is 13.0.